The third-order valence-electron chi connectivity index (χ3n) is 3.74. The molecule has 0 amide bonds. The molecule has 4 heteroatoms. The predicted octanol–water partition coefficient (Wildman–Crippen LogP) is 2.88. The molecule has 0 spiro atoms. The molecule has 0 fully saturated rings. The normalized spacial score (nSPS) is 12.4. The molecule has 0 saturated heterocycles. The van der Waals surface area contributed by atoms with Gasteiger partial charge in [0.2, 0.25) is 0 Å². The monoisotopic (exact) mass is 287 g/mol. The van der Waals surface area contributed by atoms with E-state index in [-0.39, 0.29) is 6.04 Å². The Hall–Kier alpha value is -1.81. The molecule has 0 aliphatic carbocycles. The quantitative estimate of drug-likeness (QED) is 0.851. The minimum Gasteiger partial charge on any atom is -0.494 e. The fourth-order valence-corrected chi connectivity index (χ4v) is 2.49. The summed E-state index contributed by atoms with van der Waals surface area (Å²) in [5.74, 6) is 0.921. The Bertz CT molecular complexity index is 560. The highest BCUT2D eigenvalue weighted by molar-refractivity contribution is 5.30. The second-order valence-corrected chi connectivity index (χ2v) is 5.15. The third kappa shape index (κ3) is 3.85. The number of hydrogen-bond acceptors (Lipinski definition) is 3. The van der Waals surface area contributed by atoms with E-state index in [0.29, 0.717) is 6.61 Å². The third-order valence-corrected chi connectivity index (χ3v) is 3.74. The smallest absolute Gasteiger partial charge is 0.119 e. The zero-order chi connectivity index (χ0) is 15.2. The van der Waals surface area contributed by atoms with Crippen molar-refractivity contribution in [1.82, 2.24) is 15.1 Å². The first kappa shape index (κ1) is 15.6. The van der Waals surface area contributed by atoms with Crippen molar-refractivity contribution in [3.05, 3.63) is 47.3 Å². The minimum atomic E-state index is 0.279. The van der Waals surface area contributed by atoms with Crippen LogP contribution in [0.15, 0.2) is 30.3 Å². The van der Waals surface area contributed by atoms with Gasteiger partial charge in [-0.1, -0.05) is 19.1 Å². The number of likely N-dealkylation sites (N-methyl/N-ethyl adjacent to an activating group) is 1. The molecule has 1 N–H and O–H groups in total. The molecule has 0 saturated carbocycles. The van der Waals surface area contributed by atoms with Crippen molar-refractivity contribution >= 4 is 0 Å². The summed E-state index contributed by atoms with van der Waals surface area (Å²) in [6.07, 6.45) is 1.90. The zero-order valence-electron chi connectivity index (χ0n) is 13.4. The molecular formula is C17H25N3O. The maximum absolute atomic E-state index is 5.49. The van der Waals surface area contributed by atoms with E-state index in [4.69, 9.17) is 4.74 Å². The molecular weight excluding hydrogens is 262 g/mol. The lowest BCUT2D eigenvalue weighted by Gasteiger charge is -2.17. The summed E-state index contributed by atoms with van der Waals surface area (Å²) in [5.41, 5.74) is 3.66. The standard InChI is InChI=1S/C17H25N3O/c1-5-14-11-15(20(4)19-14)12-17(18-3)13-7-9-16(10-8-13)21-6-2/h7-11,17-18H,5-6,12H2,1-4H3. The van der Waals surface area contributed by atoms with Gasteiger partial charge in [0.1, 0.15) is 5.75 Å². The lowest BCUT2D eigenvalue weighted by Crippen LogP contribution is -2.20. The van der Waals surface area contributed by atoms with Crippen molar-refractivity contribution in [1.29, 1.82) is 0 Å². The van der Waals surface area contributed by atoms with Gasteiger partial charge in [-0.15, -0.1) is 0 Å². The van der Waals surface area contributed by atoms with Crippen LogP contribution in [0.5, 0.6) is 5.75 Å². The molecule has 0 radical (unpaired) electrons. The average molecular weight is 287 g/mol. The maximum Gasteiger partial charge on any atom is 0.119 e. The Kier molecular flexibility index (Phi) is 5.39. The second kappa shape index (κ2) is 7.27. The summed E-state index contributed by atoms with van der Waals surface area (Å²) in [7, 11) is 4.01. The number of hydrogen-bond donors (Lipinski definition) is 1. The van der Waals surface area contributed by atoms with E-state index in [9.17, 15) is 0 Å². The molecule has 1 unspecified atom stereocenters. The molecule has 0 bridgehead atoms. The summed E-state index contributed by atoms with van der Waals surface area (Å²) in [6.45, 7) is 4.83. The molecule has 21 heavy (non-hydrogen) atoms. The van der Waals surface area contributed by atoms with E-state index >= 15 is 0 Å². The maximum atomic E-state index is 5.49. The predicted molar refractivity (Wildman–Crippen MR) is 85.7 cm³/mol. The van der Waals surface area contributed by atoms with Crippen LogP contribution in [-0.2, 0) is 19.9 Å². The van der Waals surface area contributed by atoms with Gasteiger partial charge in [-0.3, -0.25) is 4.68 Å². The van der Waals surface area contributed by atoms with Crippen molar-refractivity contribution < 1.29 is 4.74 Å². The number of benzene rings is 1. The van der Waals surface area contributed by atoms with Gasteiger partial charge in [0, 0.05) is 25.2 Å². The molecule has 1 aromatic carbocycles. The first-order valence-corrected chi connectivity index (χ1v) is 7.59. The highest BCUT2D eigenvalue weighted by Gasteiger charge is 2.13. The lowest BCUT2D eigenvalue weighted by atomic mass is 10.0. The van der Waals surface area contributed by atoms with Crippen molar-refractivity contribution in [3.8, 4) is 5.75 Å². The number of nitrogens with zero attached hydrogens (tertiary/aromatic N) is 2. The molecule has 1 aromatic heterocycles. The number of aromatic nitrogens is 2. The van der Waals surface area contributed by atoms with Gasteiger partial charge >= 0.3 is 0 Å². The van der Waals surface area contributed by atoms with Crippen LogP contribution in [0.25, 0.3) is 0 Å². The number of rotatable bonds is 7. The first-order chi connectivity index (χ1) is 10.2. The average Bonchev–Trinajstić information content (AvgIpc) is 2.86. The van der Waals surface area contributed by atoms with Gasteiger partial charge < -0.3 is 10.1 Å². The van der Waals surface area contributed by atoms with E-state index in [1.165, 1.54) is 11.3 Å². The van der Waals surface area contributed by atoms with Gasteiger partial charge in [-0.2, -0.15) is 5.10 Å². The summed E-state index contributed by atoms with van der Waals surface area (Å²) < 4.78 is 7.48. The van der Waals surface area contributed by atoms with Crippen LogP contribution in [0, 0.1) is 0 Å². The summed E-state index contributed by atoms with van der Waals surface area (Å²) in [5, 5.41) is 7.91. The zero-order valence-corrected chi connectivity index (χ0v) is 13.4. The molecule has 2 rings (SSSR count). The first-order valence-electron chi connectivity index (χ1n) is 7.59. The van der Waals surface area contributed by atoms with E-state index in [1.807, 2.05) is 37.8 Å². The Morgan fingerprint density at radius 3 is 2.48 bits per heavy atom. The molecule has 0 aliphatic rings. The second-order valence-electron chi connectivity index (χ2n) is 5.15. The topological polar surface area (TPSA) is 39.1 Å². The Labute approximate surface area is 127 Å². The summed E-state index contributed by atoms with van der Waals surface area (Å²) in [6, 6.07) is 10.8. The van der Waals surface area contributed by atoms with Crippen molar-refractivity contribution in [2.75, 3.05) is 13.7 Å². The van der Waals surface area contributed by atoms with Crippen LogP contribution in [-0.4, -0.2) is 23.4 Å². The molecule has 2 aromatic rings. The van der Waals surface area contributed by atoms with Gasteiger partial charge in [-0.25, -0.2) is 0 Å². The van der Waals surface area contributed by atoms with Gasteiger partial charge in [0.25, 0.3) is 0 Å². The SMILES string of the molecule is CCOc1ccc(C(Cc2cc(CC)nn2C)NC)cc1. The lowest BCUT2D eigenvalue weighted by molar-refractivity contribution is 0.340. The van der Waals surface area contributed by atoms with Crippen LogP contribution < -0.4 is 10.1 Å². The highest BCUT2D eigenvalue weighted by Crippen LogP contribution is 2.21. The Balaban J connectivity index is 2.13. The summed E-state index contributed by atoms with van der Waals surface area (Å²) >= 11 is 0. The molecule has 0 aliphatic heterocycles. The highest BCUT2D eigenvalue weighted by atomic mass is 16.5. The van der Waals surface area contributed by atoms with Gasteiger partial charge in [0.15, 0.2) is 0 Å². The number of nitrogens with one attached hydrogen (secondary N) is 1. The molecule has 4 nitrogen and oxygen atoms in total. The fourth-order valence-electron chi connectivity index (χ4n) is 2.49. The van der Waals surface area contributed by atoms with Crippen LogP contribution in [0.2, 0.25) is 0 Å². The Morgan fingerprint density at radius 2 is 1.95 bits per heavy atom. The van der Waals surface area contributed by atoms with Crippen molar-refractivity contribution in [3.63, 3.8) is 0 Å². The van der Waals surface area contributed by atoms with Crippen LogP contribution in [0.1, 0.15) is 36.8 Å². The van der Waals surface area contributed by atoms with Crippen molar-refractivity contribution in [2.24, 2.45) is 7.05 Å². The number of aryl methyl sites for hydroxylation is 2. The fraction of sp³-hybridized carbons (Fsp3) is 0.471. The van der Waals surface area contributed by atoms with Crippen LogP contribution in [0.4, 0.5) is 0 Å². The molecule has 1 atom stereocenters. The minimum absolute atomic E-state index is 0.279. The van der Waals surface area contributed by atoms with E-state index in [1.54, 1.807) is 0 Å². The van der Waals surface area contributed by atoms with Crippen LogP contribution >= 0.6 is 0 Å². The van der Waals surface area contributed by atoms with Crippen molar-refractivity contribution in [2.45, 2.75) is 32.7 Å². The Morgan fingerprint density at radius 1 is 1.24 bits per heavy atom. The number of ether oxygens (including phenoxy) is 1. The summed E-state index contributed by atoms with van der Waals surface area (Å²) in [4.78, 5) is 0. The van der Waals surface area contributed by atoms with Gasteiger partial charge in [-0.05, 0) is 44.2 Å². The van der Waals surface area contributed by atoms with E-state index in [0.717, 1.165) is 24.3 Å². The van der Waals surface area contributed by atoms with E-state index in [2.05, 4.69) is 35.5 Å². The molecule has 1 heterocycles. The largest absolute Gasteiger partial charge is 0.494 e. The van der Waals surface area contributed by atoms with Crippen LogP contribution in [0.3, 0.4) is 0 Å². The van der Waals surface area contributed by atoms with E-state index < -0.39 is 0 Å². The molecule has 114 valence electrons. The van der Waals surface area contributed by atoms with Gasteiger partial charge in [0.05, 0.1) is 12.3 Å².